The number of alkyl halides is 3. The van der Waals surface area contributed by atoms with Gasteiger partial charge in [-0.3, -0.25) is 0 Å². The Kier molecular flexibility index (Phi) is 6.36. The third kappa shape index (κ3) is 5.89. The molecule has 0 fully saturated rings. The highest BCUT2D eigenvalue weighted by atomic mass is 19.4. The van der Waals surface area contributed by atoms with Gasteiger partial charge >= 0.3 is 6.18 Å². The second-order valence-electron chi connectivity index (χ2n) is 5.86. The summed E-state index contributed by atoms with van der Waals surface area (Å²) in [7, 11) is 3.83. The number of halogens is 3. The van der Waals surface area contributed by atoms with E-state index in [0.29, 0.717) is 17.8 Å². The molecular formula is C17H19F3N6. The van der Waals surface area contributed by atoms with Gasteiger partial charge in [-0.15, -0.1) is 0 Å². The molecule has 1 aromatic heterocycles. The number of anilines is 3. The van der Waals surface area contributed by atoms with Gasteiger partial charge in [-0.25, -0.2) is 4.98 Å². The first kappa shape index (κ1) is 19.5. The molecule has 0 saturated carbocycles. The van der Waals surface area contributed by atoms with Crippen LogP contribution in [0.4, 0.5) is 30.6 Å². The second kappa shape index (κ2) is 8.49. The molecule has 0 radical (unpaired) electrons. The van der Waals surface area contributed by atoms with Crippen molar-refractivity contribution in [1.82, 2.24) is 14.9 Å². The highest BCUT2D eigenvalue weighted by Gasteiger charge is 2.33. The molecule has 0 aliphatic carbocycles. The highest BCUT2D eigenvalue weighted by molar-refractivity contribution is 5.59. The molecule has 2 N–H and O–H groups in total. The van der Waals surface area contributed by atoms with Crippen LogP contribution in [0.25, 0.3) is 0 Å². The molecule has 1 aromatic carbocycles. The molecule has 0 amide bonds. The van der Waals surface area contributed by atoms with E-state index in [2.05, 4.69) is 20.6 Å². The molecule has 1 heterocycles. The molecule has 0 aliphatic rings. The van der Waals surface area contributed by atoms with Gasteiger partial charge in [0, 0.05) is 18.3 Å². The number of aromatic nitrogens is 2. The Labute approximate surface area is 149 Å². The van der Waals surface area contributed by atoms with E-state index in [9.17, 15) is 13.2 Å². The first-order valence-corrected chi connectivity index (χ1v) is 7.90. The van der Waals surface area contributed by atoms with Crippen LogP contribution in [0.1, 0.15) is 17.7 Å². The largest absolute Gasteiger partial charge is 0.433 e. The standard InChI is InChI=1S/C17H19F3N6/c1-26(2)8-4-7-22-16-24-14(17(18,19)20)10-15(25-16)23-13-6-3-5-12(9-13)11-21/h3,5-6,9-10H,4,7-8H2,1-2H3,(H2,22,23,24,25). The van der Waals surface area contributed by atoms with Crippen molar-refractivity contribution in [2.45, 2.75) is 12.6 Å². The average molecular weight is 364 g/mol. The molecule has 26 heavy (non-hydrogen) atoms. The number of hydrogen-bond donors (Lipinski definition) is 2. The summed E-state index contributed by atoms with van der Waals surface area (Å²) in [5.74, 6) is -0.102. The zero-order valence-electron chi connectivity index (χ0n) is 14.4. The van der Waals surface area contributed by atoms with Gasteiger partial charge in [0.25, 0.3) is 0 Å². The van der Waals surface area contributed by atoms with E-state index in [0.717, 1.165) is 19.0 Å². The maximum Gasteiger partial charge on any atom is 0.433 e. The van der Waals surface area contributed by atoms with Crippen molar-refractivity contribution in [2.24, 2.45) is 0 Å². The number of rotatable bonds is 7. The molecule has 0 unspecified atom stereocenters. The van der Waals surface area contributed by atoms with Gasteiger partial charge in [-0.05, 0) is 45.3 Å². The minimum atomic E-state index is -4.59. The van der Waals surface area contributed by atoms with Crippen molar-refractivity contribution < 1.29 is 13.2 Å². The third-order valence-corrected chi connectivity index (χ3v) is 3.35. The molecule has 0 saturated heterocycles. The van der Waals surface area contributed by atoms with Crippen LogP contribution in [-0.4, -0.2) is 42.1 Å². The molecular weight excluding hydrogens is 345 g/mol. The maximum atomic E-state index is 13.1. The van der Waals surface area contributed by atoms with E-state index in [-0.39, 0.29) is 11.8 Å². The van der Waals surface area contributed by atoms with Crippen LogP contribution in [0.3, 0.4) is 0 Å². The Bertz CT molecular complexity index is 783. The fourth-order valence-corrected chi connectivity index (χ4v) is 2.15. The summed E-state index contributed by atoms with van der Waals surface area (Å²) in [5, 5.41) is 14.5. The molecule has 2 aromatic rings. The molecule has 138 valence electrons. The summed E-state index contributed by atoms with van der Waals surface area (Å²) in [5.41, 5.74) is -0.182. The molecule has 9 heteroatoms. The summed E-state index contributed by atoms with van der Waals surface area (Å²) >= 11 is 0. The fraction of sp³-hybridized carbons (Fsp3) is 0.353. The van der Waals surface area contributed by atoms with Crippen molar-refractivity contribution in [1.29, 1.82) is 5.26 Å². The van der Waals surface area contributed by atoms with Gasteiger partial charge in [-0.1, -0.05) is 6.07 Å². The van der Waals surface area contributed by atoms with Gasteiger partial charge in [0.1, 0.15) is 5.82 Å². The minimum absolute atomic E-state index is 0.00229. The first-order valence-electron chi connectivity index (χ1n) is 7.90. The lowest BCUT2D eigenvalue weighted by Crippen LogP contribution is -2.18. The average Bonchev–Trinajstić information content (AvgIpc) is 2.58. The van der Waals surface area contributed by atoms with E-state index in [1.165, 1.54) is 6.07 Å². The molecule has 0 atom stereocenters. The van der Waals surface area contributed by atoms with Gasteiger partial charge in [0.15, 0.2) is 5.69 Å². The SMILES string of the molecule is CN(C)CCCNc1nc(Nc2cccc(C#N)c2)cc(C(F)(F)F)n1. The van der Waals surface area contributed by atoms with Gasteiger partial charge < -0.3 is 15.5 Å². The fourth-order valence-electron chi connectivity index (χ4n) is 2.15. The second-order valence-corrected chi connectivity index (χ2v) is 5.86. The number of nitrogens with one attached hydrogen (secondary N) is 2. The quantitative estimate of drug-likeness (QED) is 0.733. The molecule has 0 bridgehead atoms. The van der Waals surface area contributed by atoms with E-state index >= 15 is 0 Å². The van der Waals surface area contributed by atoms with Gasteiger partial charge in [0.2, 0.25) is 5.95 Å². The number of benzene rings is 1. The zero-order valence-corrected chi connectivity index (χ0v) is 14.4. The third-order valence-electron chi connectivity index (χ3n) is 3.35. The lowest BCUT2D eigenvalue weighted by molar-refractivity contribution is -0.141. The van der Waals surface area contributed by atoms with E-state index in [1.54, 1.807) is 18.2 Å². The Balaban J connectivity index is 2.21. The lowest BCUT2D eigenvalue weighted by Gasteiger charge is -2.14. The summed E-state index contributed by atoms with van der Waals surface area (Å²) in [6.45, 7) is 1.24. The number of nitrogens with zero attached hydrogens (tertiary/aromatic N) is 4. The van der Waals surface area contributed by atoms with Crippen LogP contribution in [0.15, 0.2) is 30.3 Å². The normalized spacial score (nSPS) is 11.3. The zero-order chi connectivity index (χ0) is 19.2. The van der Waals surface area contributed by atoms with Crippen molar-refractivity contribution in [3.8, 4) is 6.07 Å². The Hall–Kier alpha value is -2.86. The first-order chi connectivity index (χ1) is 12.3. The van der Waals surface area contributed by atoms with Crippen LogP contribution in [0, 0.1) is 11.3 Å². The predicted octanol–water partition coefficient (Wildman–Crippen LogP) is 3.47. The van der Waals surface area contributed by atoms with Crippen LogP contribution in [0.5, 0.6) is 0 Å². The van der Waals surface area contributed by atoms with Crippen LogP contribution in [-0.2, 0) is 6.18 Å². The van der Waals surface area contributed by atoms with Crippen LogP contribution < -0.4 is 10.6 Å². The summed E-state index contributed by atoms with van der Waals surface area (Å²) < 4.78 is 39.3. The minimum Gasteiger partial charge on any atom is -0.354 e. The van der Waals surface area contributed by atoms with Crippen molar-refractivity contribution in [3.63, 3.8) is 0 Å². The smallest absolute Gasteiger partial charge is 0.354 e. The van der Waals surface area contributed by atoms with Crippen molar-refractivity contribution in [2.75, 3.05) is 37.8 Å². The summed E-state index contributed by atoms with van der Waals surface area (Å²) in [6.07, 6.45) is -3.85. The maximum absolute atomic E-state index is 13.1. The number of nitriles is 1. The monoisotopic (exact) mass is 364 g/mol. The Morgan fingerprint density at radius 1 is 1.19 bits per heavy atom. The summed E-state index contributed by atoms with van der Waals surface area (Å²) in [4.78, 5) is 9.60. The summed E-state index contributed by atoms with van der Waals surface area (Å²) in [6, 6.07) is 9.21. The van der Waals surface area contributed by atoms with Crippen molar-refractivity contribution >= 4 is 17.5 Å². The van der Waals surface area contributed by atoms with Crippen molar-refractivity contribution in [3.05, 3.63) is 41.6 Å². The van der Waals surface area contributed by atoms with Crippen LogP contribution >= 0.6 is 0 Å². The topological polar surface area (TPSA) is 76.9 Å². The highest BCUT2D eigenvalue weighted by Crippen LogP contribution is 2.30. The van der Waals surface area contributed by atoms with Gasteiger partial charge in [0.05, 0.1) is 11.6 Å². The lowest BCUT2D eigenvalue weighted by atomic mass is 10.2. The molecule has 0 aliphatic heterocycles. The van der Waals surface area contributed by atoms with E-state index in [1.807, 2.05) is 25.1 Å². The predicted molar refractivity (Wildman–Crippen MR) is 93.1 cm³/mol. The molecule has 2 rings (SSSR count). The van der Waals surface area contributed by atoms with Crippen LogP contribution in [0.2, 0.25) is 0 Å². The Morgan fingerprint density at radius 2 is 1.96 bits per heavy atom. The van der Waals surface area contributed by atoms with Gasteiger partial charge in [-0.2, -0.15) is 23.4 Å². The Morgan fingerprint density at radius 3 is 2.62 bits per heavy atom. The van der Waals surface area contributed by atoms with E-state index in [4.69, 9.17) is 5.26 Å². The van der Waals surface area contributed by atoms with E-state index < -0.39 is 11.9 Å². The number of hydrogen-bond acceptors (Lipinski definition) is 6. The molecule has 6 nitrogen and oxygen atoms in total. The molecule has 0 spiro atoms.